The van der Waals surface area contributed by atoms with Gasteiger partial charge in [0.15, 0.2) is 0 Å². The summed E-state index contributed by atoms with van der Waals surface area (Å²) in [5, 5.41) is 1.71. The Morgan fingerprint density at radius 2 is 2.19 bits per heavy atom. The van der Waals surface area contributed by atoms with Crippen LogP contribution in [0.5, 0.6) is 0 Å². The smallest absolute Gasteiger partial charge is 0.147 e. The summed E-state index contributed by atoms with van der Waals surface area (Å²) in [4.78, 5) is 6.77. The van der Waals surface area contributed by atoms with Crippen molar-refractivity contribution in [3.8, 4) is 0 Å². The summed E-state index contributed by atoms with van der Waals surface area (Å²) in [7, 11) is 0. The standard InChI is InChI=1S/C12H16BrClN2/c13-7-9-16(10-4-1-2-5-10)12-11(14)6-3-8-15-12/h3,6,8,10H,1-2,4-5,7,9H2. The molecule has 0 saturated heterocycles. The van der Waals surface area contributed by atoms with Crippen LogP contribution in [0.1, 0.15) is 25.7 Å². The number of hydrogen-bond donors (Lipinski definition) is 0. The number of aromatic nitrogens is 1. The van der Waals surface area contributed by atoms with Crippen LogP contribution in [-0.4, -0.2) is 22.9 Å². The zero-order valence-electron chi connectivity index (χ0n) is 9.20. The fraction of sp³-hybridized carbons (Fsp3) is 0.583. The number of alkyl halides is 1. The number of nitrogens with zero attached hydrogens (tertiary/aromatic N) is 2. The predicted octanol–water partition coefficient (Wildman–Crippen LogP) is 3.88. The number of pyridine rings is 1. The molecule has 88 valence electrons. The minimum absolute atomic E-state index is 0.616. The topological polar surface area (TPSA) is 16.1 Å². The van der Waals surface area contributed by atoms with E-state index in [9.17, 15) is 0 Å². The predicted molar refractivity (Wildman–Crippen MR) is 72.6 cm³/mol. The lowest BCUT2D eigenvalue weighted by Gasteiger charge is -2.30. The van der Waals surface area contributed by atoms with E-state index in [0.29, 0.717) is 6.04 Å². The highest BCUT2D eigenvalue weighted by Gasteiger charge is 2.24. The number of anilines is 1. The van der Waals surface area contributed by atoms with Crippen LogP contribution in [0.2, 0.25) is 5.02 Å². The zero-order valence-corrected chi connectivity index (χ0v) is 11.5. The molecule has 1 aliphatic carbocycles. The lowest BCUT2D eigenvalue weighted by molar-refractivity contribution is 0.616. The maximum absolute atomic E-state index is 6.21. The van der Waals surface area contributed by atoms with E-state index >= 15 is 0 Å². The Kier molecular flexibility index (Phi) is 4.47. The van der Waals surface area contributed by atoms with Gasteiger partial charge in [-0.15, -0.1) is 0 Å². The first kappa shape index (κ1) is 12.2. The van der Waals surface area contributed by atoms with Crippen molar-refractivity contribution >= 4 is 33.3 Å². The maximum Gasteiger partial charge on any atom is 0.147 e. The van der Waals surface area contributed by atoms with Gasteiger partial charge in [-0.1, -0.05) is 40.4 Å². The second-order valence-electron chi connectivity index (χ2n) is 4.13. The highest BCUT2D eigenvalue weighted by atomic mass is 79.9. The summed E-state index contributed by atoms with van der Waals surface area (Å²) in [6.45, 7) is 0.974. The fourth-order valence-corrected chi connectivity index (χ4v) is 2.97. The van der Waals surface area contributed by atoms with E-state index in [1.807, 2.05) is 18.3 Å². The molecule has 0 bridgehead atoms. The molecule has 1 saturated carbocycles. The van der Waals surface area contributed by atoms with E-state index in [4.69, 9.17) is 11.6 Å². The summed E-state index contributed by atoms with van der Waals surface area (Å²) in [6, 6.07) is 4.41. The second kappa shape index (κ2) is 5.87. The highest BCUT2D eigenvalue weighted by molar-refractivity contribution is 9.09. The molecule has 2 rings (SSSR count). The van der Waals surface area contributed by atoms with Crippen LogP contribution in [0.4, 0.5) is 5.82 Å². The maximum atomic E-state index is 6.21. The van der Waals surface area contributed by atoms with Gasteiger partial charge in [0.2, 0.25) is 0 Å². The van der Waals surface area contributed by atoms with Crippen LogP contribution in [-0.2, 0) is 0 Å². The molecule has 4 heteroatoms. The average Bonchev–Trinajstić information content (AvgIpc) is 2.80. The Bertz CT molecular complexity index is 340. The highest BCUT2D eigenvalue weighted by Crippen LogP contribution is 2.30. The number of hydrogen-bond acceptors (Lipinski definition) is 2. The van der Waals surface area contributed by atoms with E-state index in [2.05, 4.69) is 25.8 Å². The van der Waals surface area contributed by atoms with Crippen LogP contribution in [0, 0.1) is 0 Å². The lowest BCUT2D eigenvalue weighted by atomic mass is 10.2. The first-order valence-electron chi connectivity index (χ1n) is 5.76. The molecule has 0 spiro atoms. The average molecular weight is 304 g/mol. The van der Waals surface area contributed by atoms with Gasteiger partial charge in [-0.3, -0.25) is 0 Å². The van der Waals surface area contributed by atoms with E-state index in [1.165, 1.54) is 25.7 Å². The molecule has 0 aliphatic heterocycles. The number of halogens is 2. The van der Waals surface area contributed by atoms with Crippen LogP contribution in [0.25, 0.3) is 0 Å². The summed E-state index contributed by atoms with van der Waals surface area (Å²) in [6.07, 6.45) is 7.00. The summed E-state index contributed by atoms with van der Waals surface area (Å²) in [5.41, 5.74) is 0. The van der Waals surface area contributed by atoms with E-state index < -0.39 is 0 Å². The van der Waals surface area contributed by atoms with Crippen molar-refractivity contribution < 1.29 is 0 Å². The molecule has 0 N–H and O–H groups in total. The van der Waals surface area contributed by atoms with Gasteiger partial charge in [-0.2, -0.15) is 0 Å². The molecular weight excluding hydrogens is 288 g/mol. The van der Waals surface area contributed by atoms with Crippen molar-refractivity contribution in [2.75, 3.05) is 16.8 Å². The van der Waals surface area contributed by atoms with Crippen molar-refractivity contribution in [3.05, 3.63) is 23.4 Å². The quantitative estimate of drug-likeness (QED) is 0.785. The SMILES string of the molecule is Clc1cccnc1N(CCBr)C1CCCC1. The Morgan fingerprint density at radius 3 is 2.81 bits per heavy atom. The molecular formula is C12H16BrClN2. The minimum atomic E-state index is 0.616. The Balaban J connectivity index is 2.21. The normalized spacial score (nSPS) is 16.6. The fourth-order valence-electron chi connectivity index (χ4n) is 2.36. The molecule has 0 amide bonds. The summed E-state index contributed by atoms with van der Waals surface area (Å²) in [5.74, 6) is 0.940. The Labute approximate surface area is 110 Å². The van der Waals surface area contributed by atoms with Gasteiger partial charge in [0.25, 0.3) is 0 Å². The molecule has 1 heterocycles. The van der Waals surface area contributed by atoms with Gasteiger partial charge in [0, 0.05) is 24.1 Å². The van der Waals surface area contributed by atoms with Gasteiger partial charge in [-0.25, -0.2) is 4.98 Å². The van der Waals surface area contributed by atoms with Crippen molar-refractivity contribution in [3.63, 3.8) is 0 Å². The van der Waals surface area contributed by atoms with Crippen LogP contribution >= 0.6 is 27.5 Å². The van der Waals surface area contributed by atoms with E-state index in [-0.39, 0.29) is 0 Å². The molecule has 16 heavy (non-hydrogen) atoms. The van der Waals surface area contributed by atoms with Crippen molar-refractivity contribution in [2.24, 2.45) is 0 Å². The molecule has 0 unspecified atom stereocenters. The Hall–Kier alpha value is -0.280. The van der Waals surface area contributed by atoms with Gasteiger partial charge >= 0.3 is 0 Å². The largest absolute Gasteiger partial charge is 0.352 e. The number of rotatable bonds is 4. The lowest BCUT2D eigenvalue weighted by Crippen LogP contribution is -2.35. The van der Waals surface area contributed by atoms with Crippen molar-refractivity contribution in [2.45, 2.75) is 31.7 Å². The van der Waals surface area contributed by atoms with Gasteiger partial charge in [-0.05, 0) is 25.0 Å². The van der Waals surface area contributed by atoms with Gasteiger partial charge in [0.1, 0.15) is 5.82 Å². The van der Waals surface area contributed by atoms with E-state index in [1.54, 1.807) is 0 Å². The summed E-state index contributed by atoms with van der Waals surface area (Å²) >= 11 is 9.72. The monoisotopic (exact) mass is 302 g/mol. The molecule has 0 aromatic carbocycles. The molecule has 1 aliphatic rings. The van der Waals surface area contributed by atoms with E-state index in [0.717, 1.165) is 22.7 Å². The molecule has 0 radical (unpaired) electrons. The zero-order chi connectivity index (χ0) is 11.4. The van der Waals surface area contributed by atoms with Crippen molar-refractivity contribution in [1.29, 1.82) is 0 Å². The second-order valence-corrected chi connectivity index (χ2v) is 5.33. The third kappa shape index (κ3) is 2.69. The third-order valence-electron chi connectivity index (χ3n) is 3.10. The van der Waals surface area contributed by atoms with Crippen LogP contribution in [0.15, 0.2) is 18.3 Å². The Morgan fingerprint density at radius 1 is 1.44 bits per heavy atom. The molecule has 1 fully saturated rings. The molecule has 1 aromatic heterocycles. The first-order chi connectivity index (χ1) is 7.83. The van der Waals surface area contributed by atoms with Gasteiger partial charge < -0.3 is 4.90 Å². The molecule has 1 aromatic rings. The third-order valence-corrected chi connectivity index (χ3v) is 3.75. The van der Waals surface area contributed by atoms with Crippen LogP contribution in [0.3, 0.4) is 0 Å². The van der Waals surface area contributed by atoms with Crippen molar-refractivity contribution in [1.82, 2.24) is 4.98 Å². The van der Waals surface area contributed by atoms with Crippen LogP contribution < -0.4 is 4.90 Å². The molecule has 2 nitrogen and oxygen atoms in total. The molecule has 0 atom stereocenters. The summed E-state index contributed by atoms with van der Waals surface area (Å²) < 4.78 is 0. The first-order valence-corrected chi connectivity index (χ1v) is 7.26. The van der Waals surface area contributed by atoms with Gasteiger partial charge in [0.05, 0.1) is 5.02 Å². The minimum Gasteiger partial charge on any atom is -0.352 e.